The molecule has 3 saturated carbocycles. The second kappa shape index (κ2) is 9.78. The average Bonchev–Trinajstić information content (AvgIpc) is 3.50. The van der Waals surface area contributed by atoms with Gasteiger partial charge in [0.1, 0.15) is 24.3 Å². The highest BCUT2D eigenvalue weighted by Gasteiger charge is 2.80. The van der Waals surface area contributed by atoms with Crippen LogP contribution in [-0.2, 0) is 19.1 Å². The summed E-state index contributed by atoms with van der Waals surface area (Å²) in [6.45, 7) is 2.44. The minimum absolute atomic E-state index is 0.0297. The normalized spacial score (nSPS) is 42.1. The van der Waals surface area contributed by atoms with Crippen LogP contribution in [0, 0.1) is 22.7 Å². The molecule has 1 aliphatic heterocycles. The summed E-state index contributed by atoms with van der Waals surface area (Å²) in [5.41, 5.74) is 0.264. The minimum Gasteiger partial charge on any atom is -0.457 e. The number of aliphatic hydroxyl groups is 2. The monoisotopic (exact) mass is 607 g/mol. The summed E-state index contributed by atoms with van der Waals surface area (Å²) in [4.78, 5) is 25.8. The summed E-state index contributed by atoms with van der Waals surface area (Å²) in [5.74, 6) is -1.51. The van der Waals surface area contributed by atoms with E-state index in [0.717, 1.165) is 6.08 Å². The number of fused-ring (bicyclic) bond motifs is 7. The minimum atomic E-state index is -2.30. The second-order valence-electron chi connectivity index (χ2n) is 13.2. The molecule has 10 heteroatoms. The number of anilines is 1. The number of rotatable bonds is 5. The number of alkyl halides is 2. The number of hydrogen-bond acceptors (Lipinski definition) is 8. The number of halogens is 2. The highest BCUT2D eigenvalue weighted by molar-refractivity contribution is 6.01. The molecule has 2 aromatic carbocycles. The Kier molecular flexibility index (Phi) is 6.51. The Morgan fingerprint density at radius 2 is 1.73 bits per heavy atom. The lowest BCUT2D eigenvalue weighted by atomic mass is 9.44. The van der Waals surface area contributed by atoms with Crippen LogP contribution in [0.25, 0.3) is 0 Å². The van der Waals surface area contributed by atoms with E-state index in [1.165, 1.54) is 19.1 Å². The van der Waals surface area contributed by atoms with E-state index in [4.69, 9.17) is 19.9 Å². The topological polar surface area (TPSA) is 128 Å². The summed E-state index contributed by atoms with van der Waals surface area (Å²) >= 11 is 0. The Morgan fingerprint density at radius 1 is 1.07 bits per heavy atom. The van der Waals surface area contributed by atoms with Crippen LogP contribution >= 0.6 is 0 Å². The maximum absolute atomic E-state index is 17.5. The molecule has 4 fully saturated rings. The van der Waals surface area contributed by atoms with Gasteiger partial charge in [0.15, 0.2) is 29.1 Å². The number of aliphatic hydroxyl groups excluding tert-OH is 2. The third kappa shape index (κ3) is 3.74. The van der Waals surface area contributed by atoms with E-state index < -0.39 is 76.8 Å². The third-order valence-corrected chi connectivity index (χ3v) is 11.2. The number of allylic oxidation sites excluding steroid dienone is 4. The van der Waals surface area contributed by atoms with Crippen LogP contribution in [0.5, 0.6) is 11.5 Å². The molecule has 1 saturated heterocycles. The average molecular weight is 608 g/mol. The van der Waals surface area contributed by atoms with Gasteiger partial charge in [0.2, 0.25) is 0 Å². The Bertz CT molecular complexity index is 1580. The first-order valence-corrected chi connectivity index (χ1v) is 14.9. The van der Waals surface area contributed by atoms with Crippen molar-refractivity contribution in [3.05, 3.63) is 77.9 Å². The Balaban J connectivity index is 1.21. The van der Waals surface area contributed by atoms with E-state index >= 15 is 8.78 Å². The summed E-state index contributed by atoms with van der Waals surface area (Å²) in [7, 11) is 0. The van der Waals surface area contributed by atoms with Gasteiger partial charge in [-0.1, -0.05) is 25.1 Å². The number of nitrogen functional groups attached to an aromatic ring is 1. The van der Waals surface area contributed by atoms with Gasteiger partial charge in [-0.25, -0.2) is 8.78 Å². The largest absolute Gasteiger partial charge is 0.457 e. The first kappa shape index (κ1) is 29.3. The number of carbonyl (C=O) groups excluding carboxylic acids is 2. The predicted octanol–water partition coefficient (Wildman–Crippen LogP) is 4.70. The lowest BCUT2D eigenvalue weighted by Crippen LogP contribution is -2.70. The molecule has 0 amide bonds. The summed E-state index contributed by atoms with van der Waals surface area (Å²) in [5, 5.41) is 21.8. The van der Waals surface area contributed by atoms with Crippen molar-refractivity contribution in [1.82, 2.24) is 0 Å². The fourth-order valence-corrected chi connectivity index (χ4v) is 9.08. The van der Waals surface area contributed by atoms with Crippen molar-refractivity contribution in [1.29, 1.82) is 0 Å². The van der Waals surface area contributed by atoms with Crippen LogP contribution in [-0.4, -0.2) is 58.0 Å². The standard InChI is InChI=1S/C34H35F2NO7/c1-31-12-11-20(39)13-25(31)26(35)14-24-23-15-29-34(28(41)17-38,32(23,2)16-27(40)33(24,31)36)44-30(43-29)18-3-7-21(8-4-18)42-22-9-5-19(37)6-10-22/h3-13,23-24,26-27,29-30,38,40H,14-17,37H2,1-2H3/t23?,24-,26-,27-,29+,30+,31-,32-,33-,34+/m0/s1. The van der Waals surface area contributed by atoms with Gasteiger partial charge in [-0.15, -0.1) is 0 Å². The number of ether oxygens (including phenoxy) is 3. The van der Waals surface area contributed by atoms with Gasteiger partial charge in [0.25, 0.3) is 0 Å². The third-order valence-electron chi connectivity index (χ3n) is 11.2. The van der Waals surface area contributed by atoms with Crippen molar-refractivity contribution in [3.63, 3.8) is 0 Å². The molecule has 0 radical (unpaired) electrons. The first-order chi connectivity index (χ1) is 20.9. The van der Waals surface area contributed by atoms with E-state index in [9.17, 15) is 19.8 Å². The molecule has 4 N–H and O–H groups in total. The quantitative estimate of drug-likeness (QED) is 0.418. The van der Waals surface area contributed by atoms with E-state index in [1.54, 1.807) is 55.5 Å². The van der Waals surface area contributed by atoms with Crippen LogP contribution in [0.15, 0.2) is 72.3 Å². The molecule has 10 atom stereocenters. The number of carbonyl (C=O) groups is 2. The molecule has 5 aliphatic rings. The number of ketones is 2. The maximum atomic E-state index is 17.5. The van der Waals surface area contributed by atoms with Crippen molar-refractivity contribution in [2.75, 3.05) is 12.3 Å². The number of hydrogen-bond donors (Lipinski definition) is 3. The smallest absolute Gasteiger partial charge is 0.193 e. The Morgan fingerprint density at radius 3 is 2.39 bits per heavy atom. The molecule has 0 spiro atoms. The Hall–Kier alpha value is -3.44. The van der Waals surface area contributed by atoms with Crippen LogP contribution in [0.4, 0.5) is 14.5 Å². The molecule has 7 rings (SSSR count). The van der Waals surface area contributed by atoms with Gasteiger partial charge in [0, 0.05) is 28.0 Å². The molecule has 1 unspecified atom stereocenters. The zero-order chi connectivity index (χ0) is 31.2. The zero-order valence-corrected chi connectivity index (χ0v) is 24.4. The second-order valence-corrected chi connectivity index (χ2v) is 13.2. The summed E-state index contributed by atoms with van der Waals surface area (Å²) in [6.07, 6.45) is -1.58. The van der Waals surface area contributed by atoms with E-state index in [0.29, 0.717) is 22.7 Å². The number of benzene rings is 2. The molecule has 1 heterocycles. The van der Waals surface area contributed by atoms with Crippen molar-refractivity contribution in [3.8, 4) is 11.5 Å². The lowest BCUT2D eigenvalue weighted by molar-refractivity contribution is -0.235. The van der Waals surface area contributed by atoms with Gasteiger partial charge in [0.05, 0.1) is 12.2 Å². The fourth-order valence-electron chi connectivity index (χ4n) is 9.08. The SMILES string of the molecule is C[C@]12C=CC(=O)C=C1[C@@H](F)C[C@H]1C3C[C@H]4O[C@@H](c5ccc(Oc6ccc(N)cc6)cc5)O[C@@]4(C(=O)CO)[C@@]3(C)C[C@H](O)[C@@]12F. The lowest BCUT2D eigenvalue weighted by Gasteiger charge is -2.63. The number of Topliss-reactive ketones (excluding diaryl/α,β-unsaturated/α-hetero) is 1. The van der Waals surface area contributed by atoms with Gasteiger partial charge in [-0.05, 0) is 86.2 Å². The molecule has 0 bridgehead atoms. The summed E-state index contributed by atoms with van der Waals surface area (Å²) < 4.78 is 52.1. The number of nitrogens with two attached hydrogens (primary N) is 1. The van der Waals surface area contributed by atoms with Gasteiger partial charge in [-0.2, -0.15) is 0 Å². The van der Waals surface area contributed by atoms with Crippen molar-refractivity contribution >= 4 is 17.3 Å². The molecule has 44 heavy (non-hydrogen) atoms. The van der Waals surface area contributed by atoms with Gasteiger partial charge in [-0.3, -0.25) is 9.59 Å². The predicted molar refractivity (Wildman–Crippen MR) is 155 cm³/mol. The zero-order valence-electron chi connectivity index (χ0n) is 24.4. The molecular weight excluding hydrogens is 572 g/mol. The molecule has 8 nitrogen and oxygen atoms in total. The van der Waals surface area contributed by atoms with Crippen molar-refractivity contribution < 1.29 is 42.8 Å². The van der Waals surface area contributed by atoms with Crippen LogP contribution < -0.4 is 10.5 Å². The molecule has 0 aromatic heterocycles. The van der Waals surface area contributed by atoms with E-state index in [1.807, 2.05) is 0 Å². The van der Waals surface area contributed by atoms with Crippen LogP contribution in [0.2, 0.25) is 0 Å². The molecule has 4 aliphatic carbocycles. The summed E-state index contributed by atoms with van der Waals surface area (Å²) in [6, 6.07) is 13.9. The fraction of sp³-hybridized carbons (Fsp3) is 0.471. The highest BCUT2D eigenvalue weighted by Crippen LogP contribution is 2.72. The molecule has 2 aromatic rings. The molecular formula is C34H35F2NO7. The van der Waals surface area contributed by atoms with Crippen LogP contribution in [0.1, 0.15) is 45.0 Å². The van der Waals surface area contributed by atoms with E-state index in [-0.39, 0.29) is 24.8 Å². The van der Waals surface area contributed by atoms with Gasteiger partial charge < -0.3 is 30.2 Å². The van der Waals surface area contributed by atoms with Gasteiger partial charge >= 0.3 is 0 Å². The first-order valence-electron chi connectivity index (χ1n) is 14.9. The van der Waals surface area contributed by atoms with Crippen molar-refractivity contribution in [2.24, 2.45) is 22.7 Å². The highest BCUT2D eigenvalue weighted by atomic mass is 19.1. The van der Waals surface area contributed by atoms with Crippen molar-refractivity contribution in [2.45, 2.75) is 69.0 Å². The molecule has 232 valence electrons. The maximum Gasteiger partial charge on any atom is 0.193 e. The Labute approximate surface area is 253 Å². The van der Waals surface area contributed by atoms with E-state index in [2.05, 4.69) is 0 Å². The van der Waals surface area contributed by atoms with Crippen LogP contribution in [0.3, 0.4) is 0 Å².